The van der Waals surface area contributed by atoms with Gasteiger partial charge in [-0.2, -0.15) is 0 Å². The van der Waals surface area contributed by atoms with Crippen molar-refractivity contribution < 1.29 is 0 Å². The smallest absolute Gasteiger partial charge is 0.0541 e. The van der Waals surface area contributed by atoms with Gasteiger partial charge in [0.15, 0.2) is 0 Å². The van der Waals surface area contributed by atoms with Gasteiger partial charge in [0.1, 0.15) is 0 Å². The lowest BCUT2D eigenvalue weighted by atomic mass is 9.74. The normalized spacial score (nSPS) is 15.9. The van der Waals surface area contributed by atoms with E-state index >= 15 is 0 Å². The molecule has 0 radical (unpaired) electrons. The second-order valence-corrected chi connectivity index (χ2v) is 23.1. The van der Waals surface area contributed by atoms with Crippen molar-refractivity contribution in [2.45, 2.75) is 62.2 Å². The molecule has 17 rings (SSSR count). The van der Waals surface area contributed by atoms with Gasteiger partial charge >= 0.3 is 0 Å². The van der Waals surface area contributed by atoms with Crippen LogP contribution >= 0.6 is 0 Å². The van der Waals surface area contributed by atoms with Crippen LogP contribution in [-0.2, 0) is 10.8 Å². The number of hydrogen-bond donors (Lipinski definition) is 0. The molecule has 2 nitrogen and oxygen atoms in total. The summed E-state index contributed by atoms with van der Waals surface area (Å²) in [7, 11) is 0. The molecule has 4 aliphatic rings. The molecular formula is C76H56N2. The van der Waals surface area contributed by atoms with Crippen molar-refractivity contribution >= 4 is 89.5 Å². The number of hydrogen-bond acceptors (Lipinski definition) is 0. The van der Waals surface area contributed by atoms with E-state index in [0.29, 0.717) is 0 Å². The van der Waals surface area contributed by atoms with Gasteiger partial charge in [-0.3, -0.25) is 0 Å². The average Bonchev–Trinajstić information content (AvgIpc) is 4.00. The first-order valence-electron chi connectivity index (χ1n) is 28.5. The molecule has 0 N–H and O–H groups in total. The second-order valence-electron chi connectivity index (χ2n) is 23.1. The zero-order valence-corrected chi connectivity index (χ0v) is 43.6. The molecular weight excluding hydrogens is 941 g/mol. The zero-order chi connectivity index (χ0) is 51.1. The summed E-state index contributed by atoms with van der Waals surface area (Å²) < 4.78 is 4.91. The SMILES string of the molecule is C(=C\c1ccc2c(c1)c1ccccc1n2-c1cccc2ccccc12)/c1ccc2c(c1)C1(CCCC1)c1cc3c(cc1-2)C1(CCCC1)c1cc(/C=C/c2ccc4c(c2)c2ccccc2n4-c2cccc4ccccc24)ccc1-3. The predicted molar refractivity (Wildman–Crippen MR) is 330 cm³/mol. The highest BCUT2D eigenvalue weighted by atomic mass is 15.0. The molecule has 11 aromatic carbocycles. The minimum Gasteiger partial charge on any atom is -0.309 e. The van der Waals surface area contributed by atoms with Crippen LogP contribution in [0.2, 0.25) is 0 Å². The van der Waals surface area contributed by atoms with Crippen LogP contribution < -0.4 is 0 Å². The Balaban J connectivity index is 0.705. The Morgan fingerprint density at radius 3 is 1.06 bits per heavy atom. The molecule has 0 aliphatic heterocycles. The highest BCUT2D eigenvalue weighted by Crippen LogP contribution is 2.63. The maximum Gasteiger partial charge on any atom is 0.0541 e. The summed E-state index contributed by atoms with van der Waals surface area (Å²) in [5.41, 5.74) is 24.6. The van der Waals surface area contributed by atoms with Gasteiger partial charge in [-0.25, -0.2) is 0 Å². The van der Waals surface area contributed by atoms with Crippen LogP contribution in [0.1, 0.15) is 95.9 Å². The quantitative estimate of drug-likeness (QED) is 0.147. The number of aromatic nitrogens is 2. The van der Waals surface area contributed by atoms with Crippen molar-refractivity contribution in [3.05, 3.63) is 263 Å². The van der Waals surface area contributed by atoms with Crippen molar-refractivity contribution in [1.82, 2.24) is 9.13 Å². The fourth-order valence-corrected chi connectivity index (χ4v) is 15.7. The molecule has 78 heavy (non-hydrogen) atoms. The summed E-state index contributed by atoms with van der Waals surface area (Å²) in [4.78, 5) is 0. The van der Waals surface area contributed by atoms with E-state index in [2.05, 4.69) is 252 Å². The maximum atomic E-state index is 2.70. The number of para-hydroxylation sites is 2. The molecule has 0 unspecified atom stereocenters. The predicted octanol–water partition coefficient (Wildman–Crippen LogP) is 20.2. The molecule has 0 atom stereocenters. The molecule has 0 bridgehead atoms. The summed E-state index contributed by atoms with van der Waals surface area (Å²) in [6.07, 6.45) is 19.3. The Kier molecular flexibility index (Phi) is 9.49. The fourth-order valence-electron chi connectivity index (χ4n) is 15.7. The topological polar surface area (TPSA) is 9.86 Å². The van der Waals surface area contributed by atoms with Crippen molar-refractivity contribution in [3.8, 4) is 33.6 Å². The molecule has 2 heteroatoms. The van der Waals surface area contributed by atoms with Crippen LogP contribution in [0.15, 0.2) is 218 Å². The molecule has 2 spiro atoms. The summed E-state index contributed by atoms with van der Waals surface area (Å²) in [6, 6.07) is 82.8. The summed E-state index contributed by atoms with van der Waals surface area (Å²) >= 11 is 0. The van der Waals surface area contributed by atoms with E-state index in [1.165, 1.54) is 172 Å². The summed E-state index contributed by atoms with van der Waals surface area (Å²) in [5, 5.41) is 10.2. The van der Waals surface area contributed by atoms with Crippen LogP contribution in [0, 0.1) is 0 Å². The average molecular weight is 997 g/mol. The highest BCUT2D eigenvalue weighted by Gasteiger charge is 2.50. The maximum absolute atomic E-state index is 2.70. The van der Waals surface area contributed by atoms with Gasteiger partial charge in [-0.05, 0) is 164 Å². The standard InChI is InChI=1S/C76H56N2/c1-3-19-55-53(15-1)17-13-25-69(55)77-71-23-7-5-21-59(71)63-43-49(33-37-73(63)77)27-29-51-31-35-57-61-47-68-62(48-67(61)75(65(57)45-51)39-9-10-40-75)58-36-32-52(46-66(58)76(68)41-11-12-42-76)30-28-50-34-38-74-64(44-50)60-22-6-8-24-72(60)78(74)70-26-14-18-54-16-2-4-20-56(54)70/h1-8,13-38,43-48H,9-12,39-42H2/b29-27+,30-28+. The van der Waals surface area contributed by atoms with E-state index in [9.17, 15) is 0 Å². The van der Waals surface area contributed by atoms with E-state index in [-0.39, 0.29) is 10.8 Å². The largest absolute Gasteiger partial charge is 0.309 e. The van der Waals surface area contributed by atoms with Crippen LogP contribution in [0.5, 0.6) is 0 Å². The van der Waals surface area contributed by atoms with Crippen LogP contribution in [-0.4, -0.2) is 9.13 Å². The third-order valence-electron chi connectivity index (χ3n) is 19.1. The molecule has 4 aliphatic carbocycles. The third kappa shape index (κ3) is 6.32. The zero-order valence-electron chi connectivity index (χ0n) is 43.6. The van der Waals surface area contributed by atoms with E-state index < -0.39 is 0 Å². The number of fused-ring (bicyclic) bond motifs is 18. The van der Waals surface area contributed by atoms with Crippen molar-refractivity contribution in [1.29, 1.82) is 0 Å². The number of benzene rings is 11. The van der Waals surface area contributed by atoms with E-state index in [0.717, 1.165) is 0 Å². The lowest BCUT2D eigenvalue weighted by Gasteiger charge is -2.29. The van der Waals surface area contributed by atoms with Crippen LogP contribution in [0.3, 0.4) is 0 Å². The first kappa shape index (κ1) is 44.2. The Morgan fingerprint density at radius 2 is 0.615 bits per heavy atom. The Bertz CT molecular complexity index is 4430. The van der Waals surface area contributed by atoms with Gasteiger partial charge in [0, 0.05) is 43.1 Å². The Hall–Kier alpha value is -8.98. The Labute approximate surface area is 454 Å². The minimum absolute atomic E-state index is 0.0580. The van der Waals surface area contributed by atoms with Gasteiger partial charge in [0.05, 0.1) is 33.4 Å². The van der Waals surface area contributed by atoms with Gasteiger partial charge in [-0.1, -0.05) is 208 Å². The molecule has 2 fully saturated rings. The molecule has 370 valence electrons. The van der Waals surface area contributed by atoms with Crippen LogP contribution in [0.4, 0.5) is 0 Å². The highest BCUT2D eigenvalue weighted by molar-refractivity contribution is 6.13. The molecule has 0 amide bonds. The summed E-state index contributed by atoms with van der Waals surface area (Å²) in [6.45, 7) is 0. The first-order valence-corrected chi connectivity index (χ1v) is 28.5. The first-order chi connectivity index (χ1) is 38.6. The number of rotatable bonds is 6. The lowest BCUT2D eigenvalue weighted by Crippen LogP contribution is -2.22. The number of nitrogens with zero attached hydrogens (tertiary/aromatic N) is 2. The molecule has 2 aromatic heterocycles. The van der Waals surface area contributed by atoms with E-state index in [1.807, 2.05) is 0 Å². The minimum atomic E-state index is 0.0580. The summed E-state index contributed by atoms with van der Waals surface area (Å²) in [5.74, 6) is 0. The van der Waals surface area contributed by atoms with Gasteiger partial charge in [0.25, 0.3) is 0 Å². The van der Waals surface area contributed by atoms with Gasteiger partial charge in [0.2, 0.25) is 0 Å². The van der Waals surface area contributed by atoms with Gasteiger partial charge < -0.3 is 9.13 Å². The molecule has 0 saturated heterocycles. The van der Waals surface area contributed by atoms with Crippen molar-refractivity contribution in [2.24, 2.45) is 0 Å². The van der Waals surface area contributed by atoms with E-state index in [4.69, 9.17) is 0 Å². The van der Waals surface area contributed by atoms with Gasteiger partial charge in [-0.15, -0.1) is 0 Å². The molecule has 2 heterocycles. The third-order valence-corrected chi connectivity index (χ3v) is 19.1. The molecule has 13 aromatic rings. The van der Waals surface area contributed by atoms with Crippen LogP contribution in [0.25, 0.3) is 123 Å². The fraction of sp³-hybridized carbons (Fsp3) is 0.132. The lowest BCUT2D eigenvalue weighted by molar-refractivity contribution is 0.543. The van der Waals surface area contributed by atoms with Crippen molar-refractivity contribution in [3.63, 3.8) is 0 Å². The molecule has 2 saturated carbocycles. The second kappa shape index (κ2) is 16.8. The Morgan fingerprint density at radius 1 is 0.269 bits per heavy atom. The monoisotopic (exact) mass is 996 g/mol. The van der Waals surface area contributed by atoms with Crippen molar-refractivity contribution in [2.75, 3.05) is 0 Å². The van der Waals surface area contributed by atoms with E-state index in [1.54, 1.807) is 22.3 Å².